The average Bonchev–Trinajstić information content (AvgIpc) is 2.31. The van der Waals surface area contributed by atoms with Crippen molar-refractivity contribution < 1.29 is 4.74 Å². The Hall–Kier alpha value is -0.800. The first kappa shape index (κ1) is 15.3. The second-order valence-corrected chi connectivity index (χ2v) is 5.60. The van der Waals surface area contributed by atoms with Crippen molar-refractivity contribution in [1.82, 2.24) is 0 Å². The van der Waals surface area contributed by atoms with Gasteiger partial charge >= 0.3 is 0 Å². The maximum Gasteiger partial charge on any atom is 0.122 e. The SMILES string of the molecule is C=C(C)CCOc1ccc(Br)cc1CC(N)CC. The molecular formula is C15H22BrNO. The molecule has 0 saturated carbocycles. The highest BCUT2D eigenvalue weighted by molar-refractivity contribution is 9.10. The summed E-state index contributed by atoms with van der Waals surface area (Å²) < 4.78 is 6.87. The summed E-state index contributed by atoms with van der Waals surface area (Å²) in [7, 11) is 0. The minimum absolute atomic E-state index is 0.183. The van der Waals surface area contributed by atoms with Crippen LogP contribution < -0.4 is 10.5 Å². The van der Waals surface area contributed by atoms with Crippen LogP contribution >= 0.6 is 15.9 Å². The lowest BCUT2D eigenvalue weighted by atomic mass is 10.0. The number of hydrogen-bond acceptors (Lipinski definition) is 2. The molecule has 0 fully saturated rings. The fraction of sp³-hybridized carbons (Fsp3) is 0.467. The zero-order valence-electron chi connectivity index (χ0n) is 11.2. The summed E-state index contributed by atoms with van der Waals surface area (Å²) in [5.74, 6) is 0.934. The van der Waals surface area contributed by atoms with Crippen LogP contribution in [0.3, 0.4) is 0 Å². The maximum atomic E-state index is 6.02. The van der Waals surface area contributed by atoms with E-state index in [1.54, 1.807) is 0 Å². The third-order valence-corrected chi connectivity index (χ3v) is 3.31. The van der Waals surface area contributed by atoms with Crippen molar-refractivity contribution in [2.75, 3.05) is 6.61 Å². The van der Waals surface area contributed by atoms with E-state index in [0.717, 1.165) is 35.1 Å². The molecule has 0 aromatic heterocycles. The summed E-state index contributed by atoms with van der Waals surface area (Å²) >= 11 is 3.49. The van der Waals surface area contributed by atoms with E-state index < -0.39 is 0 Å². The Labute approximate surface area is 118 Å². The quantitative estimate of drug-likeness (QED) is 0.770. The van der Waals surface area contributed by atoms with Crippen LogP contribution in [0.25, 0.3) is 0 Å². The predicted octanol–water partition coefficient (Wildman–Crippen LogP) is 4.07. The fourth-order valence-electron chi connectivity index (χ4n) is 1.61. The molecule has 100 valence electrons. The number of benzene rings is 1. The van der Waals surface area contributed by atoms with E-state index in [2.05, 4.69) is 35.5 Å². The van der Waals surface area contributed by atoms with Gasteiger partial charge in [0.25, 0.3) is 0 Å². The molecule has 1 aromatic rings. The van der Waals surface area contributed by atoms with Crippen LogP contribution in [0.1, 0.15) is 32.3 Å². The molecule has 1 atom stereocenters. The molecule has 0 heterocycles. The minimum atomic E-state index is 0.183. The standard InChI is InChI=1S/C15H22BrNO/c1-4-14(17)10-12-9-13(16)5-6-15(12)18-8-7-11(2)3/h5-6,9,14H,2,4,7-8,10,17H2,1,3H3. The third-order valence-electron chi connectivity index (χ3n) is 2.82. The number of nitrogens with two attached hydrogens (primary N) is 1. The molecular weight excluding hydrogens is 290 g/mol. The van der Waals surface area contributed by atoms with Gasteiger partial charge in [0.15, 0.2) is 0 Å². The lowest BCUT2D eigenvalue weighted by molar-refractivity contribution is 0.317. The maximum absolute atomic E-state index is 6.02. The normalized spacial score (nSPS) is 12.2. The summed E-state index contributed by atoms with van der Waals surface area (Å²) in [4.78, 5) is 0. The van der Waals surface area contributed by atoms with Gasteiger partial charge in [-0.2, -0.15) is 0 Å². The highest BCUT2D eigenvalue weighted by atomic mass is 79.9. The number of halogens is 1. The van der Waals surface area contributed by atoms with Crippen LogP contribution in [0.4, 0.5) is 0 Å². The van der Waals surface area contributed by atoms with E-state index in [0.29, 0.717) is 6.61 Å². The minimum Gasteiger partial charge on any atom is -0.493 e. The van der Waals surface area contributed by atoms with Crippen molar-refractivity contribution >= 4 is 15.9 Å². The van der Waals surface area contributed by atoms with E-state index in [1.807, 2.05) is 19.1 Å². The van der Waals surface area contributed by atoms with Crippen LogP contribution in [0.15, 0.2) is 34.8 Å². The van der Waals surface area contributed by atoms with Gasteiger partial charge in [-0.1, -0.05) is 28.4 Å². The molecule has 3 heteroatoms. The van der Waals surface area contributed by atoms with Gasteiger partial charge in [-0.15, -0.1) is 6.58 Å². The Kier molecular flexibility index (Phi) is 6.44. The third kappa shape index (κ3) is 5.23. The first-order valence-corrected chi connectivity index (χ1v) is 7.13. The smallest absolute Gasteiger partial charge is 0.122 e. The molecule has 0 bridgehead atoms. The van der Waals surface area contributed by atoms with Gasteiger partial charge in [-0.05, 0) is 43.5 Å². The fourth-order valence-corrected chi connectivity index (χ4v) is 2.02. The number of rotatable bonds is 7. The highest BCUT2D eigenvalue weighted by Gasteiger charge is 2.08. The molecule has 0 spiro atoms. The van der Waals surface area contributed by atoms with Crippen LogP contribution in [0.5, 0.6) is 5.75 Å². The van der Waals surface area contributed by atoms with E-state index in [9.17, 15) is 0 Å². The van der Waals surface area contributed by atoms with E-state index in [-0.39, 0.29) is 6.04 Å². The molecule has 1 aromatic carbocycles. The molecule has 0 aliphatic carbocycles. The number of ether oxygens (including phenoxy) is 1. The number of hydrogen-bond donors (Lipinski definition) is 1. The zero-order valence-corrected chi connectivity index (χ0v) is 12.8. The van der Waals surface area contributed by atoms with Crippen molar-refractivity contribution in [2.45, 2.75) is 39.2 Å². The largest absolute Gasteiger partial charge is 0.493 e. The van der Waals surface area contributed by atoms with Crippen LogP contribution in [-0.2, 0) is 6.42 Å². The van der Waals surface area contributed by atoms with Crippen molar-refractivity contribution in [3.8, 4) is 5.75 Å². The topological polar surface area (TPSA) is 35.2 Å². The van der Waals surface area contributed by atoms with Gasteiger partial charge in [0.1, 0.15) is 5.75 Å². The van der Waals surface area contributed by atoms with Crippen LogP contribution in [0, 0.1) is 0 Å². The molecule has 2 nitrogen and oxygen atoms in total. The van der Waals surface area contributed by atoms with Crippen molar-refractivity contribution in [3.63, 3.8) is 0 Å². The molecule has 0 saturated heterocycles. The summed E-state index contributed by atoms with van der Waals surface area (Å²) in [6.07, 6.45) is 2.70. The summed E-state index contributed by atoms with van der Waals surface area (Å²) in [6.45, 7) is 8.66. The summed E-state index contributed by atoms with van der Waals surface area (Å²) in [5.41, 5.74) is 8.32. The Morgan fingerprint density at radius 1 is 1.50 bits per heavy atom. The molecule has 0 aliphatic rings. The lowest BCUT2D eigenvalue weighted by Crippen LogP contribution is -2.21. The second-order valence-electron chi connectivity index (χ2n) is 4.68. The van der Waals surface area contributed by atoms with Gasteiger partial charge in [0.05, 0.1) is 6.61 Å². The van der Waals surface area contributed by atoms with Gasteiger partial charge in [-0.3, -0.25) is 0 Å². The average molecular weight is 312 g/mol. The predicted molar refractivity (Wildman–Crippen MR) is 81.0 cm³/mol. The van der Waals surface area contributed by atoms with E-state index in [1.165, 1.54) is 5.56 Å². The Balaban J connectivity index is 2.72. The Bertz CT molecular complexity index is 403. The van der Waals surface area contributed by atoms with Crippen LogP contribution in [-0.4, -0.2) is 12.6 Å². The van der Waals surface area contributed by atoms with Gasteiger partial charge in [-0.25, -0.2) is 0 Å². The van der Waals surface area contributed by atoms with Crippen molar-refractivity contribution in [2.24, 2.45) is 5.73 Å². The summed E-state index contributed by atoms with van der Waals surface area (Å²) in [5, 5.41) is 0. The first-order chi connectivity index (χ1) is 8.52. The van der Waals surface area contributed by atoms with Gasteiger partial charge in [0.2, 0.25) is 0 Å². The van der Waals surface area contributed by atoms with E-state index >= 15 is 0 Å². The van der Waals surface area contributed by atoms with Gasteiger partial charge < -0.3 is 10.5 Å². The monoisotopic (exact) mass is 311 g/mol. The van der Waals surface area contributed by atoms with E-state index in [4.69, 9.17) is 10.5 Å². The molecule has 1 unspecified atom stereocenters. The molecule has 0 radical (unpaired) electrons. The Morgan fingerprint density at radius 3 is 2.83 bits per heavy atom. The van der Waals surface area contributed by atoms with Crippen molar-refractivity contribution in [3.05, 3.63) is 40.4 Å². The summed E-state index contributed by atoms with van der Waals surface area (Å²) in [6, 6.07) is 6.27. The molecule has 0 amide bonds. The highest BCUT2D eigenvalue weighted by Crippen LogP contribution is 2.25. The molecule has 1 rings (SSSR count). The molecule has 0 aliphatic heterocycles. The van der Waals surface area contributed by atoms with Crippen molar-refractivity contribution in [1.29, 1.82) is 0 Å². The first-order valence-electron chi connectivity index (χ1n) is 6.34. The molecule has 18 heavy (non-hydrogen) atoms. The van der Waals surface area contributed by atoms with Gasteiger partial charge in [0, 0.05) is 16.9 Å². The molecule has 2 N–H and O–H groups in total. The van der Waals surface area contributed by atoms with Crippen LogP contribution in [0.2, 0.25) is 0 Å². The lowest BCUT2D eigenvalue weighted by Gasteiger charge is -2.15. The zero-order chi connectivity index (χ0) is 13.5. The Morgan fingerprint density at radius 2 is 2.22 bits per heavy atom. The second kappa shape index (κ2) is 7.59.